The number of carbonyl (C=O) groups excluding carboxylic acids is 3. The fourth-order valence-electron chi connectivity index (χ4n) is 13.1. The van der Waals surface area contributed by atoms with E-state index in [1.165, 1.54) is 11.3 Å². The molecule has 3 aromatic carbocycles. The van der Waals surface area contributed by atoms with Crippen molar-refractivity contribution in [1.82, 2.24) is 35.5 Å². The van der Waals surface area contributed by atoms with Gasteiger partial charge in [0.2, 0.25) is 11.8 Å². The van der Waals surface area contributed by atoms with E-state index in [1.807, 2.05) is 75.7 Å². The van der Waals surface area contributed by atoms with Crippen LogP contribution in [0.2, 0.25) is 5.02 Å². The first kappa shape index (κ1) is 58.8. The van der Waals surface area contributed by atoms with Crippen molar-refractivity contribution in [3.8, 4) is 28.0 Å². The highest BCUT2D eigenvalue weighted by molar-refractivity contribution is 7.13. The molecule has 3 N–H and O–H groups in total. The van der Waals surface area contributed by atoms with Gasteiger partial charge in [-0.2, -0.15) is 5.26 Å². The number of amides is 3. The van der Waals surface area contributed by atoms with E-state index in [-0.39, 0.29) is 71.7 Å². The minimum atomic E-state index is -0.806. The molecule has 3 unspecified atom stereocenters. The quantitative estimate of drug-likeness (QED) is 0.0588. The summed E-state index contributed by atoms with van der Waals surface area (Å²) < 4.78 is 24.9. The van der Waals surface area contributed by atoms with E-state index < -0.39 is 18.1 Å². The van der Waals surface area contributed by atoms with E-state index in [4.69, 9.17) is 30.3 Å². The zero-order valence-corrected chi connectivity index (χ0v) is 49.2. The molecular formula is C62H79ClN8O8S. The summed E-state index contributed by atoms with van der Waals surface area (Å²) in [5, 5.41) is 31.1. The van der Waals surface area contributed by atoms with Crippen LogP contribution in [-0.4, -0.2) is 137 Å². The van der Waals surface area contributed by atoms with E-state index in [0.717, 1.165) is 85.8 Å². The molecule has 0 spiro atoms. The summed E-state index contributed by atoms with van der Waals surface area (Å²) >= 11 is 7.87. The Bertz CT molecular complexity index is 2950. The van der Waals surface area contributed by atoms with Gasteiger partial charge in [0.15, 0.2) is 0 Å². The highest BCUT2D eigenvalue weighted by atomic mass is 35.5. The van der Waals surface area contributed by atoms with Crippen molar-refractivity contribution in [3.63, 3.8) is 0 Å². The Hall–Kier alpha value is -5.87. The number of halogens is 1. The third-order valence-corrected chi connectivity index (χ3v) is 18.4. The number of hydrogen-bond donors (Lipinski definition) is 3. The van der Waals surface area contributed by atoms with E-state index in [0.29, 0.717) is 59.1 Å². The number of rotatable bonds is 21. The zero-order chi connectivity index (χ0) is 56.9. The van der Waals surface area contributed by atoms with Crippen LogP contribution in [0.25, 0.3) is 10.4 Å². The number of piperazine rings is 1. The summed E-state index contributed by atoms with van der Waals surface area (Å²) in [5.41, 5.74) is 5.84. The lowest BCUT2D eigenvalue weighted by Gasteiger charge is -2.63. The molecule has 3 amide bonds. The number of aryl methyl sites for hydroxylation is 2. The number of hydrogen-bond acceptors (Lipinski definition) is 14. The van der Waals surface area contributed by atoms with Crippen molar-refractivity contribution in [2.24, 2.45) is 16.7 Å². The average molecular weight is 1130 g/mol. The first-order valence-corrected chi connectivity index (χ1v) is 29.8. The average Bonchev–Trinajstić information content (AvgIpc) is 4.26. The predicted octanol–water partition coefficient (Wildman–Crippen LogP) is 9.78. The molecule has 4 heterocycles. The predicted molar refractivity (Wildman–Crippen MR) is 309 cm³/mol. The Morgan fingerprint density at radius 1 is 0.938 bits per heavy atom. The van der Waals surface area contributed by atoms with E-state index >= 15 is 0 Å². The Morgan fingerprint density at radius 2 is 1.65 bits per heavy atom. The van der Waals surface area contributed by atoms with Gasteiger partial charge in [-0.05, 0) is 99.5 Å². The standard InChI is InChI=1S/C62H79ClN8O8S/c1-38(2)54(58(75)71-36-46(72)33-51(71)57(74)66-39(3)41-15-17-42(18-16-41)55-40(4)65-37-80-55)53-32-45(68-79-53)12-11-25-69-26-28-70(29-27-69)50-13-9-10-14-52(50)77-31-30-76-47-22-19-43(20-23-47)56(73)67-59-61(5,6)60(62(59,7)8)78-48-24-21-44(35-64)49(63)34-48/h15-24,32,34,37-39,46,50-52,54,59-60,72H,9-14,25-31,33,36H2,1-8H3,(H,66,74)(H,67,73)/t39-,46+,50?,51-,52?,54?,59?,60?/m0/s1. The zero-order valence-electron chi connectivity index (χ0n) is 47.6. The van der Waals surface area contributed by atoms with Crippen molar-refractivity contribution in [3.05, 3.63) is 117 Å². The number of nitriles is 1. The van der Waals surface area contributed by atoms with Crippen molar-refractivity contribution >= 4 is 40.7 Å². The lowest BCUT2D eigenvalue weighted by Crippen LogP contribution is -2.74. The molecule has 2 aromatic heterocycles. The summed E-state index contributed by atoms with van der Waals surface area (Å²) in [7, 11) is 0. The SMILES string of the molecule is Cc1ncsc1-c1ccc([C@H](C)NC(=O)[C@@H]2C[C@@H](O)CN2C(=O)C(c2cc(CCCN3CCN(C4CCCCC4OCCOc4ccc(C(=O)NC5C(C)(C)C(Oc6ccc(C#N)c(Cl)c6)C5(C)C)cc4)CC3)no2)C(C)C)cc1. The molecule has 6 atom stereocenters. The number of ether oxygens (including phenoxy) is 3. The normalized spacial score (nSPS) is 23.6. The second-order valence-corrected chi connectivity index (χ2v) is 25.1. The number of carbonyl (C=O) groups is 3. The first-order valence-electron chi connectivity index (χ1n) is 28.5. The Morgan fingerprint density at radius 3 is 2.33 bits per heavy atom. The Balaban J connectivity index is 0.684. The van der Waals surface area contributed by atoms with Gasteiger partial charge in [0.25, 0.3) is 5.91 Å². The van der Waals surface area contributed by atoms with E-state index in [2.05, 4.69) is 64.3 Å². The number of aromatic nitrogens is 2. The Kier molecular flexibility index (Phi) is 18.7. The maximum atomic E-state index is 14.3. The largest absolute Gasteiger partial charge is 0.491 e. The third-order valence-electron chi connectivity index (χ3n) is 17.1. The van der Waals surface area contributed by atoms with E-state index in [1.54, 1.807) is 41.7 Å². The number of nitrogens with zero attached hydrogens (tertiary/aromatic N) is 6. The topological polar surface area (TPSA) is 196 Å². The van der Waals surface area contributed by atoms with Gasteiger partial charge in [-0.1, -0.05) is 95.4 Å². The summed E-state index contributed by atoms with van der Waals surface area (Å²) in [5.74, 6) is 0.291. The number of nitrogens with one attached hydrogen (secondary N) is 2. The van der Waals surface area contributed by atoms with Gasteiger partial charge < -0.3 is 44.3 Å². The number of β-amino-alcohol motifs (C(OH)–C–C–N with tert-alkyl or cyclic N) is 1. The van der Waals surface area contributed by atoms with Crippen LogP contribution >= 0.6 is 22.9 Å². The maximum Gasteiger partial charge on any atom is 0.251 e. The molecule has 2 aliphatic heterocycles. The first-order chi connectivity index (χ1) is 38.3. The molecule has 16 nitrogen and oxygen atoms in total. The second-order valence-electron chi connectivity index (χ2n) is 23.9. The molecule has 18 heteroatoms. The highest BCUT2D eigenvalue weighted by Crippen LogP contribution is 2.55. The fourth-order valence-corrected chi connectivity index (χ4v) is 14.1. The van der Waals surface area contributed by atoms with Gasteiger partial charge in [-0.3, -0.25) is 19.3 Å². The third kappa shape index (κ3) is 13.2. The van der Waals surface area contributed by atoms with Gasteiger partial charge in [0, 0.05) is 79.8 Å². The molecule has 0 radical (unpaired) electrons. The molecule has 2 saturated heterocycles. The number of thiazole rings is 1. The van der Waals surface area contributed by atoms with Crippen LogP contribution in [0.1, 0.15) is 138 Å². The summed E-state index contributed by atoms with van der Waals surface area (Å²) in [6, 6.07) is 23.5. The number of likely N-dealkylation sites (tertiary alicyclic amines) is 1. The lowest BCUT2D eigenvalue weighted by atomic mass is 9.49. The molecule has 2 saturated carbocycles. The maximum absolute atomic E-state index is 14.3. The van der Waals surface area contributed by atoms with Crippen LogP contribution < -0.4 is 20.1 Å². The molecule has 0 bridgehead atoms. The van der Waals surface area contributed by atoms with Crippen molar-refractivity contribution < 1.29 is 38.2 Å². The molecule has 428 valence electrons. The molecule has 4 fully saturated rings. The highest BCUT2D eigenvalue weighted by Gasteiger charge is 2.64. The van der Waals surface area contributed by atoms with Gasteiger partial charge in [-0.25, -0.2) is 4.98 Å². The van der Waals surface area contributed by atoms with Crippen molar-refractivity contribution in [1.29, 1.82) is 5.26 Å². The van der Waals surface area contributed by atoms with Gasteiger partial charge >= 0.3 is 0 Å². The number of aliphatic hydroxyl groups excluding tert-OH is 1. The molecular weight excluding hydrogens is 1050 g/mol. The smallest absolute Gasteiger partial charge is 0.251 e. The molecule has 5 aromatic rings. The second kappa shape index (κ2) is 25.5. The number of benzene rings is 3. The minimum absolute atomic E-state index is 0.0797. The van der Waals surface area contributed by atoms with Crippen molar-refractivity contribution in [2.45, 2.75) is 149 Å². The van der Waals surface area contributed by atoms with Crippen LogP contribution in [0, 0.1) is 35.0 Å². The molecule has 80 heavy (non-hydrogen) atoms. The molecule has 9 rings (SSSR count). The summed E-state index contributed by atoms with van der Waals surface area (Å²) in [6.07, 6.45) is 5.43. The van der Waals surface area contributed by atoms with Gasteiger partial charge in [0.05, 0.1) is 57.2 Å². The molecule has 2 aliphatic carbocycles. The summed E-state index contributed by atoms with van der Waals surface area (Å²) in [4.78, 5) is 53.8. The van der Waals surface area contributed by atoms with Crippen molar-refractivity contribution in [2.75, 3.05) is 52.5 Å². The van der Waals surface area contributed by atoms with Crippen LogP contribution in [0.4, 0.5) is 0 Å². The fraction of sp³-hybridized carbons (Fsp3) is 0.548. The van der Waals surface area contributed by atoms with Gasteiger partial charge in [-0.15, -0.1) is 11.3 Å². The monoisotopic (exact) mass is 1130 g/mol. The van der Waals surface area contributed by atoms with Crippen LogP contribution in [-0.2, 0) is 20.7 Å². The number of aliphatic hydroxyl groups is 1. The van der Waals surface area contributed by atoms with E-state index in [9.17, 15) is 24.8 Å². The van der Waals surface area contributed by atoms with Gasteiger partial charge in [0.1, 0.15) is 48.0 Å². The Labute approximate surface area is 480 Å². The van der Waals surface area contributed by atoms with Crippen LogP contribution in [0.15, 0.2) is 82.8 Å². The van der Waals surface area contributed by atoms with Crippen LogP contribution in [0.5, 0.6) is 11.5 Å². The minimum Gasteiger partial charge on any atom is -0.491 e. The summed E-state index contributed by atoms with van der Waals surface area (Å²) in [6.45, 7) is 22.0. The van der Waals surface area contributed by atoms with Crippen LogP contribution in [0.3, 0.4) is 0 Å². The lowest BCUT2D eigenvalue weighted by molar-refractivity contribution is -0.164. The molecule has 4 aliphatic rings.